The van der Waals surface area contributed by atoms with E-state index in [4.69, 9.17) is 14.1 Å². The summed E-state index contributed by atoms with van der Waals surface area (Å²) in [6.07, 6.45) is 0.648. The third-order valence-electron chi connectivity index (χ3n) is 4.74. The van der Waals surface area contributed by atoms with Gasteiger partial charge in [-0.05, 0) is 43.5 Å². The van der Waals surface area contributed by atoms with Gasteiger partial charge in [-0.1, -0.05) is 36.8 Å². The summed E-state index contributed by atoms with van der Waals surface area (Å²) in [5.74, 6) is 0.648. The van der Waals surface area contributed by atoms with Gasteiger partial charge in [-0.15, -0.1) is 0 Å². The van der Waals surface area contributed by atoms with E-state index in [1.54, 1.807) is 0 Å². The van der Waals surface area contributed by atoms with Crippen molar-refractivity contribution in [3.8, 4) is 5.75 Å². The Labute approximate surface area is 145 Å². The van der Waals surface area contributed by atoms with Crippen LogP contribution >= 0.6 is 0 Å². The molecule has 0 atom stereocenters. The van der Waals surface area contributed by atoms with E-state index in [0.29, 0.717) is 35.6 Å². The molecule has 25 heavy (non-hydrogen) atoms. The lowest BCUT2D eigenvalue weighted by Crippen LogP contribution is -2.17. The van der Waals surface area contributed by atoms with Crippen molar-refractivity contribution in [3.05, 3.63) is 69.1 Å². The lowest BCUT2D eigenvalue weighted by atomic mass is 10.0. The van der Waals surface area contributed by atoms with E-state index in [2.05, 4.69) is 6.92 Å². The molecule has 0 spiro atoms. The monoisotopic (exact) mass is 333 g/mol. The van der Waals surface area contributed by atoms with Crippen LogP contribution in [0.5, 0.6) is 5.75 Å². The van der Waals surface area contributed by atoms with Gasteiger partial charge in [-0.25, -0.2) is 9.79 Å². The lowest BCUT2D eigenvalue weighted by Gasteiger charge is -2.19. The van der Waals surface area contributed by atoms with Crippen LogP contribution in [0.25, 0.3) is 11.0 Å². The molecule has 1 aromatic heterocycles. The van der Waals surface area contributed by atoms with Gasteiger partial charge in [0.2, 0.25) is 0 Å². The van der Waals surface area contributed by atoms with Crippen LogP contribution < -0.4 is 10.4 Å². The molecule has 0 saturated carbocycles. The highest BCUT2D eigenvalue weighted by Crippen LogP contribution is 2.39. The third kappa shape index (κ3) is 2.54. The molecule has 0 aliphatic carbocycles. The zero-order valence-corrected chi connectivity index (χ0v) is 14.6. The number of nitrogens with zero attached hydrogens (tertiary/aromatic N) is 1. The van der Waals surface area contributed by atoms with Crippen LogP contribution in [0.2, 0.25) is 0 Å². The van der Waals surface area contributed by atoms with Crippen molar-refractivity contribution < 1.29 is 9.15 Å². The fourth-order valence-electron chi connectivity index (χ4n) is 3.26. The highest BCUT2D eigenvalue weighted by Gasteiger charge is 2.21. The van der Waals surface area contributed by atoms with Crippen molar-refractivity contribution in [2.75, 3.05) is 6.61 Å². The molecule has 0 saturated heterocycles. The van der Waals surface area contributed by atoms with Gasteiger partial charge in [0.05, 0.1) is 5.71 Å². The van der Waals surface area contributed by atoms with E-state index in [0.717, 1.165) is 22.2 Å². The van der Waals surface area contributed by atoms with Crippen LogP contribution in [-0.4, -0.2) is 12.3 Å². The molecule has 0 fully saturated rings. The number of aryl methyl sites for hydroxylation is 2. The molecule has 0 unspecified atom stereocenters. The standard InChI is InChI=1S/C21H19NO3/c1-4-15-13(3)16-9-10-18-19(20(16)25-21(15)23)22-17(11-24-18)14-7-5-12(2)6-8-14/h5-10H,4,11H2,1-3H3. The molecule has 3 aromatic rings. The molecule has 1 aliphatic heterocycles. The first-order valence-electron chi connectivity index (χ1n) is 8.45. The zero-order chi connectivity index (χ0) is 17.6. The summed E-state index contributed by atoms with van der Waals surface area (Å²) in [5, 5.41) is 0.910. The maximum absolute atomic E-state index is 12.3. The van der Waals surface area contributed by atoms with E-state index in [9.17, 15) is 4.79 Å². The predicted octanol–water partition coefficient (Wildman–Crippen LogP) is 4.49. The first-order valence-corrected chi connectivity index (χ1v) is 8.45. The number of fused-ring (bicyclic) bond motifs is 3. The van der Waals surface area contributed by atoms with E-state index in [1.165, 1.54) is 5.56 Å². The van der Waals surface area contributed by atoms with Crippen molar-refractivity contribution in [1.82, 2.24) is 0 Å². The SMILES string of the molecule is CCc1c(C)c2ccc3c(c2oc1=O)N=C(c1ccc(C)cc1)CO3. The average molecular weight is 333 g/mol. The highest BCUT2D eigenvalue weighted by molar-refractivity contribution is 6.07. The minimum Gasteiger partial charge on any atom is -0.485 e. The molecule has 4 rings (SSSR count). The van der Waals surface area contributed by atoms with Crippen molar-refractivity contribution in [1.29, 1.82) is 0 Å². The van der Waals surface area contributed by atoms with Crippen LogP contribution in [0.4, 0.5) is 5.69 Å². The number of hydrogen-bond acceptors (Lipinski definition) is 4. The van der Waals surface area contributed by atoms with Crippen LogP contribution in [0.1, 0.15) is 29.2 Å². The highest BCUT2D eigenvalue weighted by atomic mass is 16.5. The Morgan fingerprint density at radius 3 is 2.56 bits per heavy atom. The number of ether oxygens (including phenoxy) is 1. The van der Waals surface area contributed by atoms with Crippen LogP contribution in [0.3, 0.4) is 0 Å². The molecule has 2 heterocycles. The molecule has 126 valence electrons. The number of benzene rings is 2. The Hall–Kier alpha value is -2.88. The largest absolute Gasteiger partial charge is 0.485 e. The molecule has 0 bridgehead atoms. The summed E-state index contributed by atoms with van der Waals surface area (Å²) in [5.41, 5.74) is 5.52. The predicted molar refractivity (Wildman–Crippen MR) is 99.5 cm³/mol. The van der Waals surface area contributed by atoms with Gasteiger partial charge < -0.3 is 9.15 Å². The molecular formula is C21H19NO3. The minimum atomic E-state index is -0.293. The fourth-order valence-corrected chi connectivity index (χ4v) is 3.26. The molecule has 4 nitrogen and oxygen atoms in total. The van der Waals surface area contributed by atoms with Gasteiger partial charge in [0.15, 0.2) is 5.58 Å². The Bertz CT molecular complexity index is 1060. The summed E-state index contributed by atoms with van der Waals surface area (Å²) in [4.78, 5) is 17.1. The first kappa shape index (κ1) is 15.6. The number of rotatable bonds is 2. The Kier molecular flexibility index (Phi) is 3.68. The van der Waals surface area contributed by atoms with Crippen molar-refractivity contribution in [3.63, 3.8) is 0 Å². The summed E-state index contributed by atoms with van der Waals surface area (Å²) >= 11 is 0. The Morgan fingerprint density at radius 2 is 1.84 bits per heavy atom. The smallest absolute Gasteiger partial charge is 0.339 e. The summed E-state index contributed by atoms with van der Waals surface area (Å²) < 4.78 is 11.5. The molecule has 0 N–H and O–H groups in total. The molecule has 4 heteroatoms. The zero-order valence-electron chi connectivity index (χ0n) is 14.6. The summed E-state index contributed by atoms with van der Waals surface area (Å²) in [6.45, 7) is 6.37. The maximum Gasteiger partial charge on any atom is 0.339 e. The molecule has 0 radical (unpaired) electrons. The molecular weight excluding hydrogens is 314 g/mol. The van der Waals surface area contributed by atoms with Gasteiger partial charge >= 0.3 is 5.63 Å². The van der Waals surface area contributed by atoms with E-state index in [1.807, 2.05) is 50.2 Å². The quantitative estimate of drug-likeness (QED) is 0.650. The molecule has 1 aliphatic rings. The summed E-state index contributed by atoms with van der Waals surface area (Å²) in [7, 11) is 0. The van der Waals surface area contributed by atoms with Gasteiger partial charge in [0.1, 0.15) is 18.0 Å². The minimum absolute atomic E-state index is 0.293. The lowest BCUT2D eigenvalue weighted by molar-refractivity contribution is 0.372. The average Bonchev–Trinajstić information content (AvgIpc) is 2.62. The van der Waals surface area contributed by atoms with Gasteiger partial charge in [-0.2, -0.15) is 0 Å². The number of aliphatic imine (C=N–C) groups is 1. The van der Waals surface area contributed by atoms with Crippen molar-refractivity contribution in [2.24, 2.45) is 4.99 Å². The second kappa shape index (κ2) is 5.88. The maximum atomic E-state index is 12.3. The van der Waals surface area contributed by atoms with Crippen LogP contribution in [0.15, 0.2) is 50.6 Å². The van der Waals surface area contributed by atoms with E-state index < -0.39 is 0 Å². The third-order valence-corrected chi connectivity index (χ3v) is 4.74. The molecule has 0 amide bonds. The Morgan fingerprint density at radius 1 is 1.08 bits per heavy atom. The fraction of sp³-hybridized carbons (Fsp3) is 0.238. The first-order chi connectivity index (χ1) is 12.1. The van der Waals surface area contributed by atoms with Gasteiger partial charge in [-0.3, -0.25) is 0 Å². The Balaban J connectivity index is 1.95. The van der Waals surface area contributed by atoms with Gasteiger partial charge in [0.25, 0.3) is 0 Å². The second-order valence-corrected chi connectivity index (χ2v) is 6.35. The second-order valence-electron chi connectivity index (χ2n) is 6.35. The number of hydrogen-bond donors (Lipinski definition) is 0. The van der Waals surface area contributed by atoms with E-state index in [-0.39, 0.29) is 5.63 Å². The summed E-state index contributed by atoms with van der Waals surface area (Å²) in [6, 6.07) is 12.0. The molecule has 2 aromatic carbocycles. The van der Waals surface area contributed by atoms with Crippen molar-refractivity contribution in [2.45, 2.75) is 27.2 Å². The topological polar surface area (TPSA) is 51.8 Å². The normalized spacial score (nSPS) is 13.3. The van der Waals surface area contributed by atoms with E-state index >= 15 is 0 Å². The van der Waals surface area contributed by atoms with Crippen LogP contribution in [0, 0.1) is 13.8 Å². The van der Waals surface area contributed by atoms with Gasteiger partial charge in [0, 0.05) is 10.9 Å². The van der Waals surface area contributed by atoms with Crippen molar-refractivity contribution >= 4 is 22.4 Å². The van der Waals surface area contributed by atoms with Crippen LogP contribution in [-0.2, 0) is 6.42 Å².